The first-order chi connectivity index (χ1) is 4.73. The van der Waals surface area contributed by atoms with E-state index < -0.39 is 5.41 Å². The van der Waals surface area contributed by atoms with Crippen molar-refractivity contribution in [1.82, 2.24) is 0 Å². The second kappa shape index (κ2) is 2.97. The highest BCUT2D eigenvalue weighted by molar-refractivity contribution is 6.06. The molecule has 0 saturated heterocycles. The van der Waals surface area contributed by atoms with Crippen molar-refractivity contribution in [2.75, 3.05) is 0 Å². The molecule has 3 radical (unpaired) electrons. The normalized spacial score (nSPS) is 12.9. The molecule has 11 heavy (non-hydrogen) atoms. The quantitative estimate of drug-likeness (QED) is 0.561. The number of carbonyl (C=O) groups is 1. The minimum Gasteiger partial charge on any atom is -0.516 e. The lowest BCUT2D eigenvalue weighted by molar-refractivity contribution is -0.149. The predicted octanol–water partition coefficient (Wildman–Crippen LogP) is 1.69. The Labute approximate surface area is 71.9 Å². The fourth-order valence-corrected chi connectivity index (χ4v) is 0.689. The molecule has 63 valence electrons. The Hall–Kier alpha value is -0.313. The van der Waals surface area contributed by atoms with Crippen LogP contribution in [-0.2, 0) is 9.22 Å². The molecule has 0 unspecified atom stereocenters. The van der Waals surface area contributed by atoms with E-state index in [1.165, 1.54) is 0 Å². The number of rotatable bonds is 1. The minimum absolute atomic E-state index is 0.0866. The fraction of sp³-hybridized carbons (Fsp3) is 0.875. The van der Waals surface area contributed by atoms with Crippen molar-refractivity contribution in [3.05, 3.63) is 0 Å². The van der Waals surface area contributed by atoms with Gasteiger partial charge < -0.3 is 4.43 Å². The van der Waals surface area contributed by atoms with Gasteiger partial charge in [0, 0.05) is 0 Å². The first kappa shape index (κ1) is 10.7. The first-order valence-electron chi connectivity index (χ1n) is 3.61. The molecule has 0 aromatic carbocycles. The zero-order chi connectivity index (χ0) is 9.28. The summed E-state index contributed by atoms with van der Waals surface area (Å²) in [6, 6.07) is 0. The Morgan fingerprint density at radius 3 is 1.64 bits per heavy atom. The molecule has 0 bridgehead atoms. The summed E-state index contributed by atoms with van der Waals surface area (Å²) in [7, 11) is 2.74. The van der Waals surface area contributed by atoms with Crippen molar-refractivity contribution >= 4 is 16.5 Å². The lowest BCUT2D eigenvalue weighted by Crippen LogP contribution is -2.38. The van der Waals surface area contributed by atoms with Crippen LogP contribution < -0.4 is 0 Å². The number of hydrogen-bond donors (Lipinski definition) is 0. The molecule has 0 atom stereocenters. The molecule has 0 saturated carbocycles. The third-order valence-electron chi connectivity index (χ3n) is 2.48. The number of carbonyl (C=O) groups excluding carboxylic acids is 1. The van der Waals surface area contributed by atoms with E-state index in [4.69, 9.17) is 0 Å². The minimum atomic E-state index is -0.464. The van der Waals surface area contributed by atoms with Gasteiger partial charge in [-0.25, -0.2) is 0 Å². The topological polar surface area (TPSA) is 26.3 Å². The molecule has 0 rings (SSSR count). The lowest BCUT2D eigenvalue weighted by Gasteiger charge is -2.35. The van der Waals surface area contributed by atoms with Gasteiger partial charge in [-0.15, -0.1) is 0 Å². The van der Waals surface area contributed by atoms with Crippen LogP contribution in [0.4, 0.5) is 0 Å². The molecule has 0 aromatic rings. The maximum absolute atomic E-state index is 11.2. The highest BCUT2D eigenvalue weighted by Crippen LogP contribution is 2.38. The van der Waals surface area contributed by atoms with Gasteiger partial charge in [0.1, 0.15) is 0 Å². The SMILES string of the molecule is CC(C)(C)C(C)(C)C(=O)O[Si]. The van der Waals surface area contributed by atoms with Gasteiger partial charge in [0.2, 0.25) is 0 Å². The molecule has 0 aromatic heterocycles. The van der Waals surface area contributed by atoms with E-state index in [-0.39, 0.29) is 11.4 Å². The van der Waals surface area contributed by atoms with Crippen molar-refractivity contribution in [2.45, 2.75) is 34.6 Å². The van der Waals surface area contributed by atoms with Gasteiger partial charge in [0.25, 0.3) is 5.97 Å². The number of hydrogen-bond acceptors (Lipinski definition) is 2. The second-order valence-corrected chi connectivity index (χ2v) is 4.47. The van der Waals surface area contributed by atoms with Crippen molar-refractivity contribution in [2.24, 2.45) is 10.8 Å². The highest BCUT2D eigenvalue weighted by atomic mass is 28.2. The molecule has 0 heterocycles. The lowest BCUT2D eigenvalue weighted by atomic mass is 9.69. The van der Waals surface area contributed by atoms with Crippen LogP contribution in [-0.4, -0.2) is 16.5 Å². The predicted molar refractivity (Wildman–Crippen MR) is 45.1 cm³/mol. The van der Waals surface area contributed by atoms with Crippen LogP contribution in [0, 0.1) is 10.8 Å². The highest BCUT2D eigenvalue weighted by Gasteiger charge is 2.40. The van der Waals surface area contributed by atoms with Gasteiger partial charge in [0.15, 0.2) is 0 Å². The average molecular weight is 171 g/mol. The van der Waals surface area contributed by atoms with Crippen molar-refractivity contribution < 1.29 is 9.22 Å². The van der Waals surface area contributed by atoms with E-state index in [0.29, 0.717) is 0 Å². The summed E-state index contributed by atoms with van der Waals surface area (Å²) in [6.07, 6.45) is 0. The van der Waals surface area contributed by atoms with E-state index in [2.05, 4.69) is 14.9 Å². The Kier molecular flexibility index (Phi) is 2.89. The molecular weight excluding hydrogens is 156 g/mol. The monoisotopic (exact) mass is 171 g/mol. The maximum atomic E-state index is 11.2. The van der Waals surface area contributed by atoms with Gasteiger partial charge in [0.05, 0.1) is 5.41 Å². The largest absolute Gasteiger partial charge is 0.516 e. The molecule has 0 fully saturated rings. The van der Waals surface area contributed by atoms with Crippen molar-refractivity contribution in [1.29, 1.82) is 0 Å². The maximum Gasteiger partial charge on any atom is 0.345 e. The average Bonchev–Trinajstić information content (AvgIpc) is 1.83. The van der Waals surface area contributed by atoms with Crippen molar-refractivity contribution in [3.63, 3.8) is 0 Å². The van der Waals surface area contributed by atoms with Crippen LogP contribution in [0.25, 0.3) is 0 Å². The van der Waals surface area contributed by atoms with Crippen LogP contribution in [0.2, 0.25) is 0 Å². The molecule has 3 heteroatoms. The molecule has 0 N–H and O–H groups in total. The van der Waals surface area contributed by atoms with Crippen LogP contribution in [0.5, 0.6) is 0 Å². The Bertz CT molecular complexity index is 156. The van der Waals surface area contributed by atoms with Gasteiger partial charge in [-0.3, -0.25) is 4.79 Å². The summed E-state index contributed by atoms with van der Waals surface area (Å²) >= 11 is 0. The van der Waals surface area contributed by atoms with Gasteiger partial charge in [-0.05, 0) is 19.3 Å². The molecule has 0 aliphatic carbocycles. The zero-order valence-corrected chi connectivity index (χ0v) is 8.82. The summed E-state index contributed by atoms with van der Waals surface area (Å²) in [5.74, 6) is -0.235. The third-order valence-corrected chi connectivity index (χ3v) is 2.66. The molecule has 0 aliphatic heterocycles. The van der Waals surface area contributed by atoms with Crippen molar-refractivity contribution in [3.8, 4) is 0 Å². The van der Waals surface area contributed by atoms with E-state index >= 15 is 0 Å². The van der Waals surface area contributed by atoms with Crippen LogP contribution >= 0.6 is 0 Å². The van der Waals surface area contributed by atoms with E-state index in [1.807, 2.05) is 34.6 Å². The standard InChI is InChI=1S/C8H15O2Si/c1-7(2,3)8(4,5)6(9)10-11/h1-5H3. The smallest absolute Gasteiger partial charge is 0.345 e. The molecule has 0 amide bonds. The van der Waals surface area contributed by atoms with E-state index in [1.54, 1.807) is 0 Å². The third kappa shape index (κ3) is 2.06. The Morgan fingerprint density at radius 1 is 1.18 bits per heavy atom. The zero-order valence-electron chi connectivity index (χ0n) is 7.82. The first-order valence-corrected chi connectivity index (χ1v) is 4.02. The summed E-state index contributed by atoms with van der Waals surface area (Å²) < 4.78 is 4.51. The molecule has 0 aliphatic rings. The van der Waals surface area contributed by atoms with Gasteiger partial charge in [-0.2, -0.15) is 0 Å². The summed E-state index contributed by atoms with van der Waals surface area (Å²) in [5.41, 5.74) is -0.550. The molecular formula is C8H15O2Si. The summed E-state index contributed by atoms with van der Waals surface area (Å²) in [6.45, 7) is 9.77. The summed E-state index contributed by atoms with van der Waals surface area (Å²) in [4.78, 5) is 11.2. The molecule has 0 spiro atoms. The van der Waals surface area contributed by atoms with Gasteiger partial charge >= 0.3 is 10.5 Å². The van der Waals surface area contributed by atoms with Crippen LogP contribution in [0.1, 0.15) is 34.6 Å². The van der Waals surface area contributed by atoms with E-state index in [0.717, 1.165) is 0 Å². The molecule has 2 nitrogen and oxygen atoms in total. The van der Waals surface area contributed by atoms with E-state index in [9.17, 15) is 4.79 Å². The second-order valence-electron chi connectivity index (χ2n) is 4.26. The van der Waals surface area contributed by atoms with Crippen LogP contribution in [0.15, 0.2) is 0 Å². The fourth-order valence-electron chi connectivity index (χ4n) is 0.434. The van der Waals surface area contributed by atoms with Crippen LogP contribution in [0.3, 0.4) is 0 Å². The Balaban J connectivity index is 4.59. The Morgan fingerprint density at radius 2 is 1.55 bits per heavy atom. The van der Waals surface area contributed by atoms with Gasteiger partial charge in [-0.1, -0.05) is 20.8 Å². The summed E-state index contributed by atoms with van der Waals surface area (Å²) in [5, 5.41) is 0.